The van der Waals surface area contributed by atoms with E-state index in [1.807, 2.05) is 49.4 Å². The summed E-state index contributed by atoms with van der Waals surface area (Å²) in [6.45, 7) is 3.20. The van der Waals surface area contributed by atoms with Gasteiger partial charge in [0, 0.05) is 49.9 Å². The molecular formula is C22H24N4O3. The quantitative estimate of drug-likeness (QED) is 0.667. The molecule has 0 radical (unpaired) electrons. The first kappa shape index (κ1) is 19.0. The SMILES string of the molecule is Cc1cccc(Cc2ccc(OC(=O)N3CCC(On4ccnc4)CC3)cc2)n1. The number of rotatable bonds is 5. The fourth-order valence-electron chi connectivity index (χ4n) is 3.37. The molecular weight excluding hydrogens is 368 g/mol. The predicted octanol–water partition coefficient (Wildman–Crippen LogP) is 3.27. The number of amides is 1. The Morgan fingerprint density at radius 3 is 2.62 bits per heavy atom. The van der Waals surface area contributed by atoms with Gasteiger partial charge in [-0.2, -0.15) is 4.73 Å². The first-order valence-corrected chi connectivity index (χ1v) is 9.79. The highest BCUT2D eigenvalue weighted by molar-refractivity contribution is 5.70. The Bertz CT molecular complexity index is 933. The van der Waals surface area contributed by atoms with Gasteiger partial charge in [-0.15, -0.1) is 0 Å². The lowest BCUT2D eigenvalue weighted by Crippen LogP contribution is -2.44. The summed E-state index contributed by atoms with van der Waals surface area (Å²) in [7, 11) is 0. The summed E-state index contributed by atoms with van der Waals surface area (Å²) in [6, 6.07) is 13.6. The van der Waals surface area contributed by atoms with Crippen LogP contribution in [0.5, 0.6) is 5.75 Å². The van der Waals surface area contributed by atoms with Crippen molar-refractivity contribution in [1.29, 1.82) is 0 Å². The Kier molecular flexibility index (Phi) is 5.74. The molecule has 0 saturated carbocycles. The summed E-state index contributed by atoms with van der Waals surface area (Å²) in [5.41, 5.74) is 3.16. The van der Waals surface area contributed by atoms with Gasteiger partial charge in [0.15, 0.2) is 0 Å². The summed E-state index contributed by atoms with van der Waals surface area (Å²) >= 11 is 0. The summed E-state index contributed by atoms with van der Waals surface area (Å²) in [5, 5.41) is 0. The second-order valence-electron chi connectivity index (χ2n) is 7.17. The zero-order chi connectivity index (χ0) is 20.1. The molecule has 29 heavy (non-hydrogen) atoms. The number of imidazole rings is 1. The topological polar surface area (TPSA) is 69.5 Å². The Hall–Kier alpha value is -3.35. The van der Waals surface area contributed by atoms with E-state index in [1.165, 1.54) is 0 Å². The molecule has 3 heterocycles. The second-order valence-corrected chi connectivity index (χ2v) is 7.17. The third-order valence-corrected chi connectivity index (χ3v) is 4.91. The molecule has 1 amide bonds. The highest BCUT2D eigenvalue weighted by Crippen LogP contribution is 2.18. The third-order valence-electron chi connectivity index (χ3n) is 4.91. The van der Waals surface area contributed by atoms with E-state index < -0.39 is 0 Å². The van der Waals surface area contributed by atoms with Gasteiger partial charge in [0.05, 0.1) is 6.20 Å². The van der Waals surface area contributed by atoms with E-state index in [0.29, 0.717) is 18.8 Å². The van der Waals surface area contributed by atoms with Crippen molar-refractivity contribution in [3.05, 3.63) is 78.1 Å². The first-order chi connectivity index (χ1) is 14.2. The van der Waals surface area contributed by atoms with Crippen LogP contribution < -0.4 is 9.57 Å². The number of hydrogen-bond donors (Lipinski definition) is 0. The first-order valence-electron chi connectivity index (χ1n) is 9.79. The minimum absolute atomic E-state index is 0.0720. The van der Waals surface area contributed by atoms with Crippen molar-refractivity contribution in [3.8, 4) is 5.75 Å². The Labute approximate surface area is 169 Å². The zero-order valence-corrected chi connectivity index (χ0v) is 16.4. The molecule has 0 N–H and O–H groups in total. The number of piperidine rings is 1. The van der Waals surface area contributed by atoms with Crippen molar-refractivity contribution in [1.82, 2.24) is 19.6 Å². The number of carbonyl (C=O) groups is 1. The van der Waals surface area contributed by atoms with Gasteiger partial charge in [0.2, 0.25) is 0 Å². The van der Waals surface area contributed by atoms with Gasteiger partial charge >= 0.3 is 6.09 Å². The van der Waals surface area contributed by atoms with Crippen molar-refractivity contribution in [2.45, 2.75) is 32.3 Å². The molecule has 0 aliphatic carbocycles. The molecule has 0 bridgehead atoms. The number of benzene rings is 1. The normalized spacial score (nSPS) is 14.6. The van der Waals surface area contributed by atoms with Crippen LogP contribution in [0.3, 0.4) is 0 Å². The number of ether oxygens (including phenoxy) is 1. The van der Waals surface area contributed by atoms with E-state index in [2.05, 4.69) is 9.97 Å². The molecule has 150 valence electrons. The Balaban J connectivity index is 1.26. The summed E-state index contributed by atoms with van der Waals surface area (Å²) in [6.07, 6.45) is 7.08. The van der Waals surface area contributed by atoms with Crippen LogP contribution in [0, 0.1) is 6.92 Å². The van der Waals surface area contributed by atoms with Crippen LogP contribution in [0.25, 0.3) is 0 Å². The third kappa shape index (κ3) is 5.13. The van der Waals surface area contributed by atoms with E-state index in [0.717, 1.165) is 36.2 Å². The minimum Gasteiger partial charge on any atom is -0.410 e. The number of aromatic nitrogens is 3. The maximum absolute atomic E-state index is 12.4. The minimum atomic E-state index is -0.320. The van der Waals surface area contributed by atoms with Gasteiger partial charge in [0.1, 0.15) is 18.2 Å². The lowest BCUT2D eigenvalue weighted by atomic mass is 10.1. The van der Waals surface area contributed by atoms with Crippen LogP contribution >= 0.6 is 0 Å². The summed E-state index contributed by atoms with van der Waals surface area (Å²) in [4.78, 5) is 28.4. The highest BCUT2D eigenvalue weighted by Gasteiger charge is 2.25. The van der Waals surface area contributed by atoms with Crippen molar-refractivity contribution >= 4 is 6.09 Å². The molecule has 1 aromatic carbocycles. The number of nitrogens with zero attached hydrogens (tertiary/aromatic N) is 4. The molecule has 1 fully saturated rings. The molecule has 4 rings (SSSR count). The lowest BCUT2D eigenvalue weighted by molar-refractivity contribution is -0.0000188. The fourth-order valence-corrected chi connectivity index (χ4v) is 3.37. The molecule has 0 spiro atoms. The number of likely N-dealkylation sites (tertiary alicyclic amines) is 1. The van der Waals surface area contributed by atoms with Crippen molar-refractivity contribution in [2.75, 3.05) is 13.1 Å². The number of hydrogen-bond acceptors (Lipinski definition) is 5. The predicted molar refractivity (Wildman–Crippen MR) is 108 cm³/mol. The maximum atomic E-state index is 12.4. The van der Waals surface area contributed by atoms with Crippen molar-refractivity contribution in [2.24, 2.45) is 0 Å². The molecule has 1 aliphatic heterocycles. The van der Waals surface area contributed by atoms with E-state index >= 15 is 0 Å². The maximum Gasteiger partial charge on any atom is 0.415 e. The van der Waals surface area contributed by atoms with Crippen LogP contribution in [0.4, 0.5) is 4.79 Å². The largest absolute Gasteiger partial charge is 0.415 e. The molecule has 2 aromatic heterocycles. The molecule has 0 unspecified atom stereocenters. The standard InChI is InChI=1S/C22H24N4O3/c1-17-3-2-4-19(24-17)15-18-5-7-20(8-6-18)28-22(27)25-12-9-21(10-13-25)29-26-14-11-23-16-26/h2-8,11,14,16,21H,9-10,12-13,15H2,1H3. The molecule has 0 atom stereocenters. The van der Waals surface area contributed by atoms with E-state index in [-0.39, 0.29) is 12.2 Å². The summed E-state index contributed by atoms with van der Waals surface area (Å²) in [5.74, 6) is 0.549. The van der Waals surface area contributed by atoms with Crippen LogP contribution in [-0.2, 0) is 6.42 Å². The van der Waals surface area contributed by atoms with Crippen LogP contribution in [-0.4, -0.2) is 44.9 Å². The van der Waals surface area contributed by atoms with E-state index in [1.54, 1.807) is 28.4 Å². The van der Waals surface area contributed by atoms with Crippen LogP contribution in [0.15, 0.2) is 61.2 Å². The lowest BCUT2D eigenvalue weighted by Gasteiger charge is -2.31. The molecule has 1 aliphatic rings. The van der Waals surface area contributed by atoms with Gasteiger partial charge < -0.3 is 14.5 Å². The molecule has 7 nitrogen and oxygen atoms in total. The zero-order valence-electron chi connectivity index (χ0n) is 16.4. The molecule has 1 saturated heterocycles. The van der Waals surface area contributed by atoms with Crippen LogP contribution in [0.2, 0.25) is 0 Å². The fraction of sp³-hybridized carbons (Fsp3) is 0.318. The van der Waals surface area contributed by atoms with Crippen molar-refractivity contribution < 1.29 is 14.4 Å². The van der Waals surface area contributed by atoms with Gasteiger partial charge in [-0.05, 0) is 36.8 Å². The number of pyridine rings is 1. The average molecular weight is 392 g/mol. The van der Waals surface area contributed by atoms with Gasteiger partial charge in [-0.1, -0.05) is 18.2 Å². The highest BCUT2D eigenvalue weighted by atomic mass is 16.7. The van der Waals surface area contributed by atoms with E-state index in [4.69, 9.17) is 9.57 Å². The number of aryl methyl sites for hydroxylation is 1. The number of carbonyl (C=O) groups excluding carboxylic acids is 1. The average Bonchev–Trinajstić information content (AvgIpc) is 3.23. The van der Waals surface area contributed by atoms with Gasteiger partial charge in [-0.25, -0.2) is 9.78 Å². The van der Waals surface area contributed by atoms with E-state index in [9.17, 15) is 4.79 Å². The Morgan fingerprint density at radius 2 is 1.93 bits per heavy atom. The Morgan fingerprint density at radius 1 is 1.14 bits per heavy atom. The van der Waals surface area contributed by atoms with Gasteiger partial charge in [0.25, 0.3) is 0 Å². The van der Waals surface area contributed by atoms with Crippen LogP contribution in [0.1, 0.15) is 29.8 Å². The second kappa shape index (κ2) is 8.77. The monoisotopic (exact) mass is 392 g/mol. The van der Waals surface area contributed by atoms with Gasteiger partial charge in [-0.3, -0.25) is 4.98 Å². The molecule has 3 aromatic rings. The summed E-state index contributed by atoms with van der Waals surface area (Å²) < 4.78 is 7.14. The van der Waals surface area contributed by atoms with Crippen molar-refractivity contribution in [3.63, 3.8) is 0 Å². The molecule has 7 heteroatoms. The smallest absolute Gasteiger partial charge is 0.410 e.